The van der Waals surface area contributed by atoms with Gasteiger partial charge in [0.05, 0.1) is 0 Å². The standard InChI is InChI=1S/C17H24N4/c1-5-13-8-7-9-14(10-13)21-17-15(12(3)4)16(18-6-2)19-11-20-17/h7-12H,5-6H2,1-4H3,(H2,18,19,20,21). The lowest BCUT2D eigenvalue weighted by atomic mass is 10.0. The molecule has 0 saturated carbocycles. The molecule has 1 aromatic heterocycles. The molecule has 0 aliphatic carbocycles. The molecule has 0 fully saturated rings. The summed E-state index contributed by atoms with van der Waals surface area (Å²) in [5, 5.41) is 6.75. The number of nitrogens with one attached hydrogen (secondary N) is 2. The Balaban J connectivity index is 2.36. The minimum Gasteiger partial charge on any atom is -0.370 e. The number of nitrogens with zero attached hydrogens (tertiary/aromatic N) is 2. The predicted molar refractivity (Wildman–Crippen MR) is 89.4 cm³/mol. The molecular formula is C17H24N4. The van der Waals surface area contributed by atoms with E-state index in [1.807, 2.05) is 0 Å². The largest absolute Gasteiger partial charge is 0.370 e. The summed E-state index contributed by atoms with van der Waals surface area (Å²) < 4.78 is 0. The van der Waals surface area contributed by atoms with Crippen LogP contribution in [0.25, 0.3) is 0 Å². The highest BCUT2D eigenvalue weighted by molar-refractivity contribution is 5.66. The zero-order chi connectivity index (χ0) is 15.2. The zero-order valence-corrected chi connectivity index (χ0v) is 13.3. The highest BCUT2D eigenvalue weighted by Gasteiger charge is 2.14. The van der Waals surface area contributed by atoms with Crippen LogP contribution in [-0.2, 0) is 6.42 Å². The average Bonchev–Trinajstić information content (AvgIpc) is 2.47. The third kappa shape index (κ3) is 3.72. The van der Waals surface area contributed by atoms with Gasteiger partial charge in [-0.2, -0.15) is 0 Å². The van der Waals surface area contributed by atoms with Crippen LogP contribution in [0.1, 0.15) is 44.7 Å². The van der Waals surface area contributed by atoms with Gasteiger partial charge >= 0.3 is 0 Å². The molecule has 1 aromatic carbocycles. The second-order valence-corrected chi connectivity index (χ2v) is 5.35. The summed E-state index contributed by atoms with van der Waals surface area (Å²) in [6.45, 7) is 9.40. The van der Waals surface area contributed by atoms with Crippen LogP contribution in [0.3, 0.4) is 0 Å². The molecule has 0 radical (unpaired) electrons. The lowest BCUT2D eigenvalue weighted by molar-refractivity contribution is 0.849. The lowest BCUT2D eigenvalue weighted by Gasteiger charge is -2.17. The summed E-state index contributed by atoms with van der Waals surface area (Å²) in [7, 11) is 0. The Bertz CT molecular complexity index is 593. The molecule has 0 saturated heterocycles. The second kappa shape index (κ2) is 7.07. The van der Waals surface area contributed by atoms with Crippen LogP contribution >= 0.6 is 0 Å². The molecule has 112 valence electrons. The molecule has 0 atom stereocenters. The topological polar surface area (TPSA) is 49.8 Å². The average molecular weight is 284 g/mol. The number of anilines is 3. The number of hydrogen-bond donors (Lipinski definition) is 2. The molecule has 0 spiro atoms. The molecule has 0 amide bonds. The summed E-state index contributed by atoms with van der Waals surface area (Å²) in [5.74, 6) is 2.14. The van der Waals surface area contributed by atoms with E-state index in [2.05, 4.69) is 72.6 Å². The maximum atomic E-state index is 4.43. The van der Waals surface area contributed by atoms with Crippen molar-refractivity contribution in [2.45, 2.75) is 40.0 Å². The molecule has 2 rings (SSSR count). The lowest BCUT2D eigenvalue weighted by Crippen LogP contribution is -2.09. The summed E-state index contributed by atoms with van der Waals surface area (Å²) in [4.78, 5) is 8.79. The second-order valence-electron chi connectivity index (χ2n) is 5.35. The van der Waals surface area contributed by atoms with Gasteiger partial charge in [0.2, 0.25) is 0 Å². The zero-order valence-electron chi connectivity index (χ0n) is 13.3. The fourth-order valence-electron chi connectivity index (χ4n) is 2.36. The number of hydrogen-bond acceptors (Lipinski definition) is 4. The van der Waals surface area contributed by atoms with Crippen molar-refractivity contribution in [3.63, 3.8) is 0 Å². The highest BCUT2D eigenvalue weighted by atomic mass is 15.1. The number of aryl methyl sites for hydroxylation is 1. The van der Waals surface area contributed by atoms with E-state index in [-0.39, 0.29) is 0 Å². The van der Waals surface area contributed by atoms with Crippen molar-refractivity contribution in [3.05, 3.63) is 41.7 Å². The van der Waals surface area contributed by atoms with Gasteiger partial charge in [0, 0.05) is 17.8 Å². The third-order valence-electron chi connectivity index (χ3n) is 3.40. The molecule has 4 heteroatoms. The van der Waals surface area contributed by atoms with Crippen LogP contribution in [0, 0.1) is 0 Å². The van der Waals surface area contributed by atoms with E-state index in [4.69, 9.17) is 0 Å². The molecular weight excluding hydrogens is 260 g/mol. The van der Waals surface area contributed by atoms with Crippen molar-refractivity contribution in [2.24, 2.45) is 0 Å². The monoisotopic (exact) mass is 284 g/mol. The molecule has 2 N–H and O–H groups in total. The van der Waals surface area contributed by atoms with E-state index in [9.17, 15) is 0 Å². The van der Waals surface area contributed by atoms with Gasteiger partial charge in [-0.25, -0.2) is 9.97 Å². The minimum absolute atomic E-state index is 0.345. The van der Waals surface area contributed by atoms with Gasteiger partial charge in [0.1, 0.15) is 18.0 Å². The van der Waals surface area contributed by atoms with Crippen molar-refractivity contribution in [1.82, 2.24) is 9.97 Å². The van der Waals surface area contributed by atoms with E-state index in [0.29, 0.717) is 5.92 Å². The van der Waals surface area contributed by atoms with Gasteiger partial charge in [0.15, 0.2) is 0 Å². The summed E-state index contributed by atoms with van der Waals surface area (Å²) >= 11 is 0. The van der Waals surface area contributed by atoms with Crippen molar-refractivity contribution in [3.8, 4) is 0 Å². The number of rotatable bonds is 6. The Morgan fingerprint density at radius 2 is 1.86 bits per heavy atom. The Morgan fingerprint density at radius 3 is 2.52 bits per heavy atom. The van der Waals surface area contributed by atoms with Gasteiger partial charge in [-0.15, -0.1) is 0 Å². The third-order valence-corrected chi connectivity index (χ3v) is 3.40. The van der Waals surface area contributed by atoms with E-state index < -0.39 is 0 Å². The first-order valence-electron chi connectivity index (χ1n) is 7.60. The highest BCUT2D eigenvalue weighted by Crippen LogP contribution is 2.30. The van der Waals surface area contributed by atoms with Crippen molar-refractivity contribution in [1.29, 1.82) is 0 Å². The first-order valence-corrected chi connectivity index (χ1v) is 7.60. The maximum Gasteiger partial charge on any atom is 0.139 e. The van der Waals surface area contributed by atoms with Crippen LogP contribution < -0.4 is 10.6 Å². The molecule has 0 bridgehead atoms. The summed E-state index contributed by atoms with van der Waals surface area (Å²) in [5.41, 5.74) is 3.51. The predicted octanol–water partition coefficient (Wildman–Crippen LogP) is 4.34. The van der Waals surface area contributed by atoms with Crippen LogP contribution in [0.4, 0.5) is 17.3 Å². The normalized spacial score (nSPS) is 10.7. The van der Waals surface area contributed by atoms with Gasteiger partial charge < -0.3 is 10.6 Å². The Labute approximate surface area is 127 Å². The summed E-state index contributed by atoms with van der Waals surface area (Å²) in [6, 6.07) is 8.44. The van der Waals surface area contributed by atoms with Gasteiger partial charge in [-0.3, -0.25) is 0 Å². The molecule has 4 nitrogen and oxygen atoms in total. The Morgan fingerprint density at radius 1 is 1.10 bits per heavy atom. The Hall–Kier alpha value is -2.10. The molecule has 0 aliphatic rings. The van der Waals surface area contributed by atoms with E-state index >= 15 is 0 Å². The van der Waals surface area contributed by atoms with Crippen LogP contribution in [0.5, 0.6) is 0 Å². The van der Waals surface area contributed by atoms with Gasteiger partial charge in [0.25, 0.3) is 0 Å². The first kappa shape index (κ1) is 15.3. The maximum absolute atomic E-state index is 4.43. The van der Waals surface area contributed by atoms with Gasteiger partial charge in [-0.05, 0) is 37.0 Å². The fraction of sp³-hybridized carbons (Fsp3) is 0.412. The van der Waals surface area contributed by atoms with Crippen molar-refractivity contribution in [2.75, 3.05) is 17.2 Å². The molecule has 0 aliphatic heterocycles. The van der Waals surface area contributed by atoms with Crippen LogP contribution in [0.2, 0.25) is 0 Å². The molecule has 1 heterocycles. The molecule has 0 unspecified atom stereocenters. The van der Waals surface area contributed by atoms with Crippen LogP contribution in [0.15, 0.2) is 30.6 Å². The molecule has 2 aromatic rings. The number of aromatic nitrogens is 2. The smallest absolute Gasteiger partial charge is 0.139 e. The van der Waals surface area contributed by atoms with E-state index in [0.717, 1.165) is 35.9 Å². The Kier molecular flexibility index (Phi) is 5.14. The van der Waals surface area contributed by atoms with Crippen molar-refractivity contribution >= 4 is 17.3 Å². The van der Waals surface area contributed by atoms with Crippen LogP contribution in [-0.4, -0.2) is 16.5 Å². The van der Waals surface area contributed by atoms with Gasteiger partial charge in [-0.1, -0.05) is 32.9 Å². The number of benzene rings is 1. The van der Waals surface area contributed by atoms with E-state index in [1.165, 1.54) is 5.56 Å². The summed E-state index contributed by atoms with van der Waals surface area (Å²) in [6.07, 6.45) is 2.63. The molecule has 21 heavy (non-hydrogen) atoms. The fourth-order valence-corrected chi connectivity index (χ4v) is 2.36. The van der Waals surface area contributed by atoms with Crippen molar-refractivity contribution < 1.29 is 0 Å². The first-order chi connectivity index (χ1) is 10.2. The van der Waals surface area contributed by atoms with E-state index in [1.54, 1.807) is 6.33 Å². The quantitative estimate of drug-likeness (QED) is 0.828. The minimum atomic E-state index is 0.345. The SMILES string of the molecule is CCNc1ncnc(Nc2cccc(CC)c2)c1C(C)C.